The molecular formula is C87H124BrF6N9O6. The summed E-state index contributed by atoms with van der Waals surface area (Å²) in [5, 5.41) is 57.9. The molecule has 12 aliphatic carbocycles. The van der Waals surface area contributed by atoms with Crippen LogP contribution in [0.5, 0.6) is 0 Å². The van der Waals surface area contributed by atoms with Crippen molar-refractivity contribution < 1.29 is 56.0 Å². The lowest BCUT2D eigenvalue weighted by atomic mass is 9.44. The number of aliphatic hydroxyl groups is 3. The number of halogens is 7. The summed E-state index contributed by atoms with van der Waals surface area (Å²) in [6, 6.07) is 5.84. The number of carbonyl (C=O) groups excluding carboxylic acids is 3. The van der Waals surface area contributed by atoms with Crippen molar-refractivity contribution in [2.24, 2.45) is 121 Å². The summed E-state index contributed by atoms with van der Waals surface area (Å²) in [6.45, 7) is 20.7. The van der Waals surface area contributed by atoms with E-state index in [0.29, 0.717) is 80.6 Å². The molecule has 3 aromatic carbocycles. The lowest BCUT2D eigenvalue weighted by molar-refractivity contribution is -0.151. The Balaban J connectivity index is 0.000000142. The van der Waals surface area contributed by atoms with Crippen molar-refractivity contribution in [3.05, 3.63) is 71.3 Å². The van der Waals surface area contributed by atoms with Gasteiger partial charge in [0.1, 0.15) is 63.9 Å². The van der Waals surface area contributed by atoms with E-state index < -0.39 is 51.7 Å². The van der Waals surface area contributed by atoms with Gasteiger partial charge in [0.05, 0.1) is 27.6 Å². The van der Waals surface area contributed by atoms with Crippen LogP contribution in [-0.2, 0) is 27.5 Å². The summed E-state index contributed by atoms with van der Waals surface area (Å²) in [5.41, 5.74) is 0.359. The fraction of sp³-hybridized carbons (Fsp3) is 0.759. The van der Waals surface area contributed by atoms with E-state index >= 15 is 0 Å². The van der Waals surface area contributed by atoms with Gasteiger partial charge in [0.25, 0.3) is 0 Å². The Morgan fingerprint density at radius 3 is 1.23 bits per heavy atom. The third-order valence-electron chi connectivity index (χ3n) is 33.1. The first-order chi connectivity index (χ1) is 50.0. The molecule has 3 heterocycles. The molecule has 109 heavy (non-hydrogen) atoms. The predicted molar refractivity (Wildman–Crippen MR) is 415 cm³/mol. The molecule has 4 N–H and O–H groups in total. The Hall–Kier alpha value is -5.19. The molecule has 0 unspecified atom stereocenters. The number of ketones is 3. The third kappa shape index (κ3) is 14.6. The minimum absolute atomic E-state index is 0. The monoisotopic (exact) mass is 1580 g/mol. The number of Topliss-reactive ketones (excluding diaryl/α,β-unsaturated/α-hetero) is 3. The van der Waals surface area contributed by atoms with Gasteiger partial charge in [0.2, 0.25) is 0 Å². The number of carbonyl (C=O) groups is 3. The molecule has 602 valence electrons. The average molecular weight is 1590 g/mol. The number of rotatable bonds is 8. The second-order valence-electron chi connectivity index (χ2n) is 38.7. The van der Waals surface area contributed by atoms with E-state index in [2.05, 4.69) is 93.4 Å². The number of hydrogen-bond donors (Lipinski definition) is 4. The van der Waals surface area contributed by atoms with E-state index in [1.54, 1.807) is 0 Å². The van der Waals surface area contributed by atoms with Gasteiger partial charge in [0.15, 0.2) is 29.0 Å². The standard InChI is InChI=1S/2C28H37F2N3O2.C22H35BrO2.C6H3F2N3.3CH4/c1-26(35)10-11-27(2)16(14-26)4-5-18-19-6-7-21(28(19,3)9-8-20(18)27)24(34)15-33-23-13-17(29)12-22(30)25(23)31-32-33;1-26(35)10-11-27(2)16(14-26)4-5-18-19-6-7-21(28(19,3)9-8-20(18)27)24(34)15-33-31-23-13-17(29)12-22(30)25(23)32-33;1-20(25)10-11-21(2)14(12-20)4-5-15-16-6-7-18(19(24)13-23)22(16,3)9-8-17(15)21;7-3-1-4(8)6-5(2-3)9-11-10-6;;;/h2*12-13,16,18-21,35H,4-11,14-15H2,1-3H3;14-18,25H,4-13H2,1-3H3;1-2H,(H,9,10,11);3*1H4/t2*16-,18-,19-,20-,21+,26+,27-,28-;14-,15-,16-,17-,18+,20+,21-,22-;;;;/m000..../s1. The molecule has 0 bridgehead atoms. The number of hydrogen-bond acceptors (Lipinski definition) is 12. The lowest BCUT2D eigenvalue weighted by Gasteiger charge is -2.61. The van der Waals surface area contributed by atoms with Crippen molar-refractivity contribution in [3.63, 3.8) is 0 Å². The van der Waals surface area contributed by atoms with Crippen LogP contribution in [0.25, 0.3) is 33.1 Å². The summed E-state index contributed by atoms with van der Waals surface area (Å²) in [5.74, 6) is 4.64. The highest BCUT2D eigenvalue weighted by molar-refractivity contribution is 9.09. The van der Waals surface area contributed by atoms with E-state index in [1.165, 1.54) is 79.8 Å². The second-order valence-corrected chi connectivity index (χ2v) is 39.3. The number of benzene rings is 3. The highest BCUT2D eigenvalue weighted by Gasteiger charge is 2.66. The summed E-state index contributed by atoms with van der Waals surface area (Å²) < 4.78 is 82.1. The Kier molecular flexibility index (Phi) is 23.1. The van der Waals surface area contributed by atoms with Gasteiger partial charge < -0.3 is 15.3 Å². The molecule has 12 fully saturated rings. The molecule has 3 aromatic heterocycles. The predicted octanol–water partition coefficient (Wildman–Crippen LogP) is 19.9. The minimum atomic E-state index is -0.752. The van der Waals surface area contributed by atoms with Crippen molar-refractivity contribution >= 4 is 66.4 Å². The van der Waals surface area contributed by atoms with E-state index in [9.17, 15) is 56.0 Å². The third-order valence-corrected chi connectivity index (χ3v) is 33.6. The zero-order chi connectivity index (χ0) is 75.4. The summed E-state index contributed by atoms with van der Waals surface area (Å²) in [4.78, 5) is 40.9. The highest BCUT2D eigenvalue weighted by Crippen LogP contribution is 2.72. The summed E-state index contributed by atoms with van der Waals surface area (Å²) >= 11 is 3.43. The number of fused-ring (bicyclic) bond motifs is 18. The summed E-state index contributed by atoms with van der Waals surface area (Å²) in [7, 11) is 0. The normalized spacial score (nSPS) is 41.3. The van der Waals surface area contributed by atoms with Crippen LogP contribution in [0, 0.1) is 156 Å². The Bertz CT molecular complexity index is 4340. The number of aromatic nitrogens is 9. The van der Waals surface area contributed by atoms with Gasteiger partial charge in [-0.1, -0.05) is 85.0 Å². The van der Waals surface area contributed by atoms with Crippen LogP contribution in [0.4, 0.5) is 26.3 Å². The first-order valence-corrected chi connectivity index (χ1v) is 41.5. The molecule has 0 spiro atoms. The van der Waals surface area contributed by atoms with E-state index in [-0.39, 0.29) is 114 Å². The number of aromatic amines is 1. The maximum Gasteiger partial charge on any atom is 0.159 e. The smallest absolute Gasteiger partial charge is 0.159 e. The maximum absolute atomic E-state index is 14.1. The van der Waals surface area contributed by atoms with Crippen molar-refractivity contribution in [2.75, 3.05) is 5.33 Å². The number of nitrogens with one attached hydrogen (secondary N) is 1. The first kappa shape index (κ1) is 83.2. The second kappa shape index (κ2) is 30.2. The Morgan fingerprint density at radius 1 is 0.422 bits per heavy atom. The van der Waals surface area contributed by atoms with Gasteiger partial charge >= 0.3 is 0 Å². The Morgan fingerprint density at radius 2 is 0.798 bits per heavy atom. The molecular weight excluding hydrogens is 1460 g/mol. The van der Waals surface area contributed by atoms with Crippen LogP contribution in [-0.4, -0.2) is 100 Å². The molecule has 0 aliphatic heterocycles. The SMILES string of the molecule is C.C.C.C[C@@]1(O)CC[C@@]2(C)[C@@H](CC[C@@H]3[C@@H]2CC[C@]2(C)[C@@H](C(=O)CBr)CC[C@@H]32)C1.C[C@@]1(O)CC[C@@]2(C)[C@@H](CC[C@@H]3[C@@H]2CC[C@]2(C)[C@@H](C(=O)Cn4nc5cc(F)cc(F)c5n4)CC[C@@H]32)C1.C[C@@]1(O)CC[C@@]2(C)[C@@H](CC[C@@H]3[C@@H]2CC[C@]2(C)[C@@H](C(=O)Cn4nnc5c(F)cc(F)cc54)CC[C@@H]32)C1.Fc1cc(F)c2n[nH]nc2c1. The fourth-order valence-corrected chi connectivity index (χ4v) is 27.9. The fourth-order valence-electron chi connectivity index (χ4n) is 27.5. The van der Waals surface area contributed by atoms with Crippen LogP contribution >= 0.6 is 15.9 Å². The molecule has 0 saturated heterocycles. The zero-order valence-electron chi connectivity index (χ0n) is 63.6. The van der Waals surface area contributed by atoms with Crippen molar-refractivity contribution in [3.8, 4) is 0 Å². The molecule has 12 saturated carbocycles. The van der Waals surface area contributed by atoms with Gasteiger partial charge in [0, 0.05) is 54.2 Å². The molecule has 22 heteroatoms. The molecule has 24 atom stereocenters. The van der Waals surface area contributed by atoms with Crippen molar-refractivity contribution in [2.45, 2.75) is 288 Å². The molecule has 18 rings (SSSR count). The molecule has 6 aromatic rings. The quantitative estimate of drug-likeness (QED) is 0.0827. The van der Waals surface area contributed by atoms with E-state index in [4.69, 9.17) is 0 Å². The highest BCUT2D eigenvalue weighted by atomic mass is 79.9. The van der Waals surface area contributed by atoms with Crippen LogP contribution in [0.2, 0.25) is 0 Å². The van der Waals surface area contributed by atoms with E-state index in [0.717, 1.165) is 157 Å². The molecule has 12 aliphatic rings. The molecule has 0 radical (unpaired) electrons. The van der Waals surface area contributed by atoms with Gasteiger partial charge in [-0.2, -0.15) is 25.3 Å². The van der Waals surface area contributed by atoms with Crippen LogP contribution in [0.15, 0.2) is 36.4 Å². The molecule has 0 amide bonds. The first-order valence-electron chi connectivity index (χ1n) is 40.4. The lowest BCUT2D eigenvalue weighted by Crippen LogP contribution is -2.55. The summed E-state index contributed by atoms with van der Waals surface area (Å²) in [6.07, 6.45) is 29.7. The Labute approximate surface area is 650 Å². The van der Waals surface area contributed by atoms with Crippen LogP contribution < -0.4 is 0 Å². The van der Waals surface area contributed by atoms with Gasteiger partial charge in [-0.15, -0.1) is 10.2 Å². The van der Waals surface area contributed by atoms with Gasteiger partial charge in [-0.05, 0) is 298 Å². The minimum Gasteiger partial charge on any atom is -0.390 e. The van der Waals surface area contributed by atoms with Gasteiger partial charge in [-0.3, -0.25) is 14.4 Å². The van der Waals surface area contributed by atoms with Crippen molar-refractivity contribution in [1.29, 1.82) is 0 Å². The van der Waals surface area contributed by atoms with Crippen LogP contribution in [0.1, 0.15) is 258 Å². The zero-order valence-corrected chi connectivity index (χ0v) is 65.2. The molecule has 15 nitrogen and oxygen atoms in total. The van der Waals surface area contributed by atoms with Crippen molar-refractivity contribution in [1.82, 2.24) is 45.4 Å². The number of H-pyrrole nitrogens is 1. The van der Waals surface area contributed by atoms with Gasteiger partial charge in [-0.25, -0.2) is 31.0 Å². The largest absolute Gasteiger partial charge is 0.390 e. The number of alkyl halides is 1. The topological polar surface area (TPSA) is 215 Å². The maximum atomic E-state index is 14.1. The average Bonchev–Trinajstić information content (AvgIpc) is 1.67. The van der Waals surface area contributed by atoms with Crippen LogP contribution in [0.3, 0.4) is 0 Å². The van der Waals surface area contributed by atoms with E-state index in [1.807, 2.05) is 20.8 Å². The number of nitrogens with zero attached hydrogens (tertiary/aromatic N) is 8.